The Morgan fingerprint density at radius 3 is 2.47 bits per heavy atom. The number of amides is 4. The van der Waals surface area contributed by atoms with Crippen molar-refractivity contribution < 1.29 is 19.2 Å². The van der Waals surface area contributed by atoms with Crippen LogP contribution in [0.5, 0.6) is 0 Å². The molecule has 9 N–H and O–H groups in total. The lowest BCUT2D eigenvalue weighted by Gasteiger charge is -2.31. The minimum atomic E-state index is -0.990. The molecular formula is C36H44Cl2N8O4S. The lowest BCUT2D eigenvalue weighted by Crippen LogP contribution is -2.56. The van der Waals surface area contributed by atoms with Gasteiger partial charge in [-0.2, -0.15) is 0 Å². The molecule has 4 amide bonds. The third-order valence-electron chi connectivity index (χ3n) is 8.57. The van der Waals surface area contributed by atoms with Crippen molar-refractivity contribution in [1.82, 2.24) is 25.5 Å². The first-order valence-electron chi connectivity index (χ1n) is 16.6. The summed E-state index contributed by atoms with van der Waals surface area (Å²) in [5.41, 5.74) is 20.4. The monoisotopic (exact) mass is 754 g/mol. The summed E-state index contributed by atoms with van der Waals surface area (Å²) >= 11 is 14.0. The third kappa shape index (κ3) is 10.9. The molecule has 0 spiro atoms. The zero-order valence-electron chi connectivity index (χ0n) is 28.6. The van der Waals surface area contributed by atoms with Crippen LogP contribution in [-0.4, -0.2) is 70.2 Å². The number of aromatic amines is 1. The standard InChI is InChI=1S/C36H44Cl2N8O4S/c1-21-16-24(37)18-26(38)32(21)51-35-22(8-7-15-42-35)19-44-28(12-13-31(40)47)34(49)45-29(11-5-6-14-39)36(50)46(2)30(33(41)48)17-23-20-43-27-10-4-3-9-25(23)27/h3-4,7-10,15-16,18,20,28-30,43-44H,5-6,11-14,17,19,39H2,1-2H3,(H2,40,47)(H2,41,48)(H,45,49)/t28-,29-,30-/m0/s1. The number of likely N-dealkylation sites (N-methyl/N-ethyl adjacent to an activating group) is 1. The van der Waals surface area contributed by atoms with Gasteiger partial charge in [-0.1, -0.05) is 59.2 Å². The van der Waals surface area contributed by atoms with E-state index in [1.54, 1.807) is 24.5 Å². The fourth-order valence-corrected chi connectivity index (χ4v) is 7.44. The number of para-hydroxylation sites is 1. The van der Waals surface area contributed by atoms with E-state index in [-0.39, 0.29) is 32.2 Å². The van der Waals surface area contributed by atoms with Gasteiger partial charge in [0.05, 0.1) is 11.1 Å². The molecule has 0 aliphatic heterocycles. The molecule has 51 heavy (non-hydrogen) atoms. The molecule has 0 saturated carbocycles. The maximum Gasteiger partial charge on any atom is 0.245 e. The first-order chi connectivity index (χ1) is 24.4. The smallest absolute Gasteiger partial charge is 0.245 e. The van der Waals surface area contributed by atoms with Crippen molar-refractivity contribution in [2.24, 2.45) is 17.2 Å². The van der Waals surface area contributed by atoms with Crippen molar-refractivity contribution in [3.05, 3.63) is 87.7 Å². The number of carbonyl (C=O) groups is 4. The minimum absolute atomic E-state index is 0.0701. The predicted octanol–water partition coefficient (Wildman–Crippen LogP) is 4.22. The number of hydrogen-bond acceptors (Lipinski definition) is 8. The van der Waals surface area contributed by atoms with Crippen LogP contribution in [0, 0.1) is 6.92 Å². The number of nitrogens with zero attached hydrogens (tertiary/aromatic N) is 2. The van der Waals surface area contributed by atoms with Crippen molar-refractivity contribution in [2.75, 3.05) is 13.6 Å². The van der Waals surface area contributed by atoms with Gasteiger partial charge in [0.25, 0.3) is 0 Å². The number of fused-ring (bicyclic) bond motifs is 1. The van der Waals surface area contributed by atoms with Crippen LogP contribution in [0.25, 0.3) is 10.9 Å². The minimum Gasteiger partial charge on any atom is -0.370 e. The van der Waals surface area contributed by atoms with Gasteiger partial charge in [-0.15, -0.1) is 0 Å². The number of pyridine rings is 1. The topological polar surface area (TPSA) is 202 Å². The molecule has 4 rings (SSSR count). The molecule has 0 unspecified atom stereocenters. The quantitative estimate of drug-likeness (QED) is 0.0764. The summed E-state index contributed by atoms with van der Waals surface area (Å²) in [5, 5.41) is 8.71. The number of carbonyl (C=O) groups excluding carboxylic acids is 4. The molecule has 3 atom stereocenters. The second-order valence-electron chi connectivity index (χ2n) is 12.3. The van der Waals surface area contributed by atoms with Crippen LogP contribution >= 0.6 is 35.0 Å². The summed E-state index contributed by atoms with van der Waals surface area (Å²) in [7, 11) is 1.51. The highest BCUT2D eigenvalue weighted by Crippen LogP contribution is 2.38. The van der Waals surface area contributed by atoms with E-state index in [1.807, 2.05) is 43.3 Å². The van der Waals surface area contributed by atoms with E-state index in [1.165, 1.54) is 23.7 Å². The molecule has 2 heterocycles. The Morgan fingerprint density at radius 2 is 1.76 bits per heavy atom. The summed E-state index contributed by atoms with van der Waals surface area (Å²) < 4.78 is 0. The molecule has 0 aliphatic carbocycles. The van der Waals surface area contributed by atoms with Crippen molar-refractivity contribution in [3.8, 4) is 0 Å². The molecule has 4 aromatic rings. The van der Waals surface area contributed by atoms with E-state index in [0.717, 1.165) is 32.5 Å². The van der Waals surface area contributed by atoms with Gasteiger partial charge in [-0.3, -0.25) is 19.2 Å². The van der Waals surface area contributed by atoms with Gasteiger partial charge in [-0.05, 0) is 80.1 Å². The molecule has 12 nitrogen and oxygen atoms in total. The van der Waals surface area contributed by atoms with E-state index in [4.69, 9.17) is 40.4 Å². The highest BCUT2D eigenvalue weighted by molar-refractivity contribution is 7.99. The Morgan fingerprint density at radius 1 is 1.00 bits per heavy atom. The molecule has 0 aliphatic rings. The SMILES string of the molecule is Cc1cc(Cl)cc(Cl)c1Sc1ncccc1CN[C@@H](CCC(N)=O)C(=O)N[C@@H](CCCCN)C(=O)N(C)[C@@H](Cc1c[nH]c2ccccc12)C(N)=O. The van der Waals surface area contributed by atoms with Gasteiger partial charge in [0, 0.05) is 59.6 Å². The Kier molecular flexibility index (Phi) is 14.7. The number of hydrogen-bond donors (Lipinski definition) is 6. The third-order valence-corrected chi connectivity index (χ3v) is 10.5. The molecule has 0 saturated heterocycles. The molecule has 2 aromatic heterocycles. The number of unbranched alkanes of at least 4 members (excludes halogenated alkanes) is 1. The second kappa shape index (κ2) is 18.9. The van der Waals surface area contributed by atoms with Crippen LogP contribution in [0.4, 0.5) is 0 Å². The molecule has 0 bridgehead atoms. The Balaban J connectivity index is 1.53. The fraction of sp³-hybridized carbons (Fsp3) is 0.361. The van der Waals surface area contributed by atoms with Crippen molar-refractivity contribution >= 4 is 69.5 Å². The number of halogens is 2. The number of aryl methyl sites for hydroxylation is 1. The number of nitrogens with two attached hydrogens (primary N) is 3. The lowest BCUT2D eigenvalue weighted by molar-refractivity contribution is -0.141. The molecular weight excluding hydrogens is 711 g/mol. The van der Waals surface area contributed by atoms with Crippen LogP contribution < -0.4 is 27.8 Å². The van der Waals surface area contributed by atoms with Crippen LogP contribution in [-0.2, 0) is 32.1 Å². The van der Waals surface area contributed by atoms with Crippen molar-refractivity contribution in [2.45, 2.75) is 80.0 Å². The Labute approximate surface area is 311 Å². The molecule has 15 heteroatoms. The van der Waals surface area contributed by atoms with E-state index >= 15 is 0 Å². The Bertz CT molecular complexity index is 1830. The normalized spacial score (nSPS) is 13.0. The highest BCUT2D eigenvalue weighted by atomic mass is 35.5. The second-order valence-corrected chi connectivity index (χ2v) is 14.2. The van der Waals surface area contributed by atoms with Crippen LogP contribution in [0.1, 0.15) is 48.8 Å². The van der Waals surface area contributed by atoms with E-state index < -0.39 is 41.8 Å². The van der Waals surface area contributed by atoms with Crippen molar-refractivity contribution in [1.29, 1.82) is 0 Å². The number of rotatable bonds is 19. The zero-order valence-corrected chi connectivity index (χ0v) is 30.9. The number of nitrogens with one attached hydrogen (secondary N) is 3. The molecule has 2 aromatic carbocycles. The van der Waals surface area contributed by atoms with Crippen LogP contribution in [0.2, 0.25) is 10.0 Å². The van der Waals surface area contributed by atoms with E-state index in [2.05, 4.69) is 20.6 Å². The lowest BCUT2D eigenvalue weighted by atomic mass is 10.0. The fourth-order valence-electron chi connectivity index (χ4n) is 5.77. The summed E-state index contributed by atoms with van der Waals surface area (Å²) in [6, 6.07) is 11.9. The molecule has 0 fully saturated rings. The van der Waals surface area contributed by atoms with Gasteiger partial charge in [-0.25, -0.2) is 4.98 Å². The van der Waals surface area contributed by atoms with Gasteiger partial charge >= 0.3 is 0 Å². The average molecular weight is 756 g/mol. The maximum absolute atomic E-state index is 14.0. The summed E-state index contributed by atoms with van der Waals surface area (Å²) in [5.74, 6) is -2.22. The van der Waals surface area contributed by atoms with E-state index in [0.29, 0.717) is 34.5 Å². The van der Waals surface area contributed by atoms with Gasteiger partial charge in [0.15, 0.2) is 0 Å². The number of primary amides is 2. The summed E-state index contributed by atoms with van der Waals surface area (Å²) in [6.45, 7) is 2.52. The van der Waals surface area contributed by atoms with Gasteiger partial charge in [0.2, 0.25) is 23.6 Å². The Hall–Kier alpha value is -4.14. The first kappa shape index (κ1) is 39.6. The number of H-pyrrole nitrogens is 1. The predicted molar refractivity (Wildman–Crippen MR) is 201 cm³/mol. The van der Waals surface area contributed by atoms with Crippen LogP contribution in [0.3, 0.4) is 0 Å². The zero-order chi connectivity index (χ0) is 37.1. The molecule has 272 valence electrons. The highest BCUT2D eigenvalue weighted by Gasteiger charge is 2.33. The maximum atomic E-state index is 14.0. The number of benzene rings is 2. The van der Waals surface area contributed by atoms with Crippen molar-refractivity contribution in [3.63, 3.8) is 0 Å². The molecule has 0 radical (unpaired) electrons. The first-order valence-corrected chi connectivity index (χ1v) is 18.2. The van der Waals surface area contributed by atoms with Crippen LogP contribution in [0.15, 0.2) is 70.8 Å². The van der Waals surface area contributed by atoms with Gasteiger partial charge < -0.3 is 37.7 Å². The van der Waals surface area contributed by atoms with Gasteiger partial charge in [0.1, 0.15) is 17.1 Å². The van der Waals surface area contributed by atoms with E-state index in [9.17, 15) is 19.2 Å². The largest absolute Gasteiger partial charge is 0.370 e. The number of aromatic nitrogens is 2. The summed E-state index contributed by atoms with van der Waals surface area (Å²) in [6.07, 6.45) is 5.10. The summed E-state index contributed by atoms with van der Waals surface area (Å²) in [4.78, 5) is 62.2. The average Bonchev–Trinajstić information content (AvgIpc) is 3.50.